The molecular weight excluding hydrogens is 349 g/mol. The number of rotatable bonds is 4. The third-order valence-corrected chi connectivity index (χ3v) is 5.40. The number of aliphatic carboxylic acids is 1. The first kappa shape index (κ1) is 17.3. The molecule has 2 amide bonds. The lowest BCUT2D eigenvalue weighted by molar-refractivity contribution is -0.158. The number of carbonyl (C=O) groups is 2. The van der Waals surface area contributed by atoms with E-state index in [1.165, 1.54) is 0 Å². The number of nitrogens with zero attached hydrogens (tertiary/aromatic N) is 2. The minimum absolute atomic E-state index is 0.00358. The highest BCUT2D eigenvalue weighted by molar-refractivity contribution is 7.80. The quantitative estimate of drug-likeness (QED) is 0.560. The van der Waals surface area contributed by atoms with E-state index in [1.54, 1.807) is 0 Å². The van der Waals surface area contributed by atoms with Gasteiger partial charge in [-0.15, -0.1) is 4.28 Å². The number of nitrogens with one attached hydrogen (secondary N) is 1. The first-order valence-electron chi connectivity index (χ1n) is 7.53. The minimum Gasteiger partial charge on any atom is -0.479 e. The molecule has 0 aromatic heterocycles. The summed E-state index contributed by atoms with van der Waals surface area (Å²) in [6, 6.07) is -1.71. The normalized spacial score (nSPS) is 36.9. The fourth-order valence-corrected chi connectivity index (χ4v) is 4.41. The van der Waals surface area contributed by atoms with Gasteiger partial charge >= 0.3 is 22.4 Å². The predicted octanol–water partition coefficient (Wildman–Crippen LogP) is -0.608. The third kappa shape index (κ3) is 2.62. The highest BCUT2D eigenvalue weighted by Crippen LogP contribution is 2.45. The van der Waals surface area contributed by atoms with Crippen LogP contribution in [-0.2, 0) is 19.5 Å². The van der Waals surface area contributed by atoms with Gasteiger partial charge in [0.1, 0.15) is 11.7 Å². The molecule has 12 heteroatoms. The molecule has 0 saturated carbocycles. The molecule has 10 nitrogen and oxygen atoms in total. The number of halogens is 1. The van der Waals surface area contributed by atoms with Crippen LogP contribution in [0.2, 0.25) is 0 Å². The molecule has 3 aliphatic heterocycles. The van der Waals surface area contributed by atoms with E-state index in [-0.39, 0.29) is 32.4 Å². The summed E-state index contributed by atoms with van der Waals surface area (Å²) >= 11 is 0. The van der Waals surface area contributed by atoms with Crippen LogP contribution in [-0.4, -0.2) is 77.4 Å². The van der Waals surface area contributed by atoms with Crippen LogP contribution in [0.1, 0.15) is 19.3 Å². The Kier molecular flexibility index (Phi) is 4.18. The zero-order chi connectivity index (χ0) is 17.7. The standard InChI is InChI=1S/C12H18FN3O7S/c13-9-5-14-4-2-8(9)12(10(17)18)3-1-7-6-15(12)11(19)16(7)23-24(20,21)22/h7-9,14H,1-6H2,(H,17,18)(H,20,21,22)/t7-,8+,9+,12+/m1/s1. The maximum Gasteiger partial charge on any atom is 0.418 e. The fourth-order valence-electron chi connectivity index (χ4n) is 4.02. The Bertz CT molecular complexity index is 659. The summed E-state index contributed by atoms with van der Waals surface area (Å²) in [5.41, 5.74) is -1.76. The number of carboxylic acids is 1. The van der Waals surface area contributed by atoms with E-state index in [9.17, 15) is 27.5 Å². The first-order valence-corrected chi connectivity index (χ1v) is 8.89. The number of alkyl halides is 1. The zero-order valence-electron chi connectivity index (χ0n) is 12.6. The summed E-state index contributed by atoms with van der Waals surface area (Å²) in [5.74, 6) is -2.23. The molecule has 3 N–H and O–H groups in total. The summed E-state index contributed by atoms with van der Waals surface area (Å²) < 4.78 is 49.3. The van der Waals surface area contributed by atoms with Gasteiger partial charge in [-0.25, -0.2) is 14.0 Å². The van der Waals surface area contributed by atoms with E-state index in [0.29, 0.717) is 11.6 Å². The molecule has 0 aliphatic carbocycles. The van der Waals surface area contributed by atoms with Gasteiger partial charge in [-0.2, -0.15) is 13.5 Å². The highest BCUT2D eigenvalue weighted by Gasteiger charge is 2.63. The van der Waals surface area contributed by atoms with E-state index < -0.39 is 46.1 Å². The van der Waals surface area contributed by atoms with Crippen molar-refractivity contribution >= 4 is 22.4 Å². The third-order valence-electron chi connectivity index (χ3n) is 5.05. The van der Waals surface area contributed by atoms with Gasteiger partial charge in [0.25, 0.3) is 0 Å². The van der Waals surface area contributed by atoms with Crippen molar-refractivity contribution in [2.24, 2.45) is 5.92 Å². The van der Waals surface area contributed by atoms with Crippen molar-refractivity contribution in [1.82, 2.24) is 15.3 Å². The molecule has 0 aromatic carbocycles. The molecular formula is C12H18FN3O7S. The number of hydroxylamine groups is 2. The van der Waals surface area contributed by atoms with Gasteiger partial charge in [-0.3, -0.25) is 4.55 Å². The van der Waals surface area contributed by atoms with Crippen LogP contribution in [0.4, 0.5) is 9.18 Å². The Morgan fingerprint density at radius 1 is 1.42 bits per heavy atom. The predicted molar refractivity (Wildman–Crippen MR) is 75.8 cm³/mol. The van der Waals surface area contributed by atoms with E-state index in [4.69, 9.17) is 4.55 Å². The average molecular weight is 367 g/mol. The second-order valence-electron chi connectivity index (χ2n) is 6.26. The van der Waals surface area contributed by atoms with Crippen molar-refractivity contribution < 1.29 is 36.3 Å². The van der Waals surface area contributed by atoms with E-state index in [0.717, 1.165) is 4.90 Å². The summed E-state index contributed by atoms with van der Waals surface area (Å²) in [5, 5.41) is 13.1. The monoisotopic (exact) mass is 367 g/mol. The van der Waals surface area contributed by atoms with Crippen LogP contribution in [0, 0.1) is 5.92 Å². The molecule has 136 valence electrons. The topological polar surface area (TPSA) is 136 Å². The molecule has 3 heterocycles. The average Bonchev–Trinajstić information content (AvgIpc) is 2.73. The van der Waals surface area contributed by atoms with Crippen LogP contribution in [0.15, 0.2) is 0 Å². The minimum atomic E-state index is -4.93. The Morgan fingerprint density at radius 3 is 2.71 bits per heavy atom. The van der Waals surface area contributed by atoms with Crippen LogP contribution in [0.3, 0.4) is 0 Å². The summed E-state index contributed by atoms with van der Waals surface area (Å²) in [6.07, 6.45) is -1.10. The second-order valence-corrected chi connectivity index (χ2v) is 7.26. The molecule has 0 aromatic rings. The molecule has 0 unspecified atom stereocenters. The number of hydrogen-bond acceptors (Lipinski definition) is 6. The fraction of sp³-hybridized carbons (Fsp3) is 0.833. The van der Waals surface area contributed by atoms with E-state index in [1.807, 2.05) is 0 Å². The summed E-state index contributed by atoms with van der Waals surface area (Å²) in [6.45, 7) is 0.324. The van der Waals surface area contributed by atoms with Gasteiger partial charge < -0.3 is 15.3 Å². The van der Waals surface area contributed by atoms with Crippen molar-refractivity contribution in [3.05, 3.63) is 0 Å². The number of carboxylic acid groups (broad SMARTS) is 1. The van der Waals surface area contributed by atoms with Crippen molar-refractivity contribution in [2.45, 2.75) is 37.0 Å². The Labute approximate surface area is 137 Å². The van der Waals surface area contributed by atoms with Crippen LogP contribution in [0.25, 0.3) is 0 Å². The largest absolute Gasteiger partial charge is 0.479 e. The van der Waals surface area contributed by atoms with Crippen LogP contribution in [0.5, 0.6) is 0 Å². The van der Waals surface area contributed by atoms with Gasteiger partial charge in [0.15, 0.2) is 0 Å². The smallest absolute Gasteiger partial charge is 0.418 e. The first-order chi connectivity index (χ1) is 11.2. The number of hydrogen-bond donors (Lipinski definition) is 3. The molecule has 4 atom stereocenters. The van der Waals surface area contributed by atoms with E-state index in [2.05, 4.69) is 9.60 Å². The lowest BCUT2D eigenvalue weighted by Gasteiger charge is -2.47. The number of amides is 2. The molecule has 24 heavy (non-hydrogen) atoms. The maximum atomic E-state index is 14.4. The zero-order valence-corrected chi connectivity index (χ0v) is 13.4. The van der Waals surface area contributed by atoms with Gasteiger partial charge in [0.05, 0.1) is 6.04 Å². The van der Waals surface area contributed by atoms with E-state index >= 15 is 0 Å². The number of urea groups is 1. The summed E-state index contributed by atoms with van der Waals surface area (Å²) in [4.78, 5) is 25.5. The lowest BCUT2D eigenvalue weighted by atomic mass is 9.71. The molecule has 3 saturated heterocycles. The molecule has 0 spiro atoms. The van der Waals surface area contributed by atoms with Gasteiger partial charge in [-0.1, -0.05) is 0 Å². The second kappa shape index (κ2) is 5.79. The van der Waals surface area contributed by atoms with Crippen LogP contribution < -0.4 is 5.32 Å². The summed E-state index contributed by atoms with van der Waals surface area (Å²) in [7, 11) is -4.93. The number of piperidine rings is 2. The molecule has 3 rings (SSSR count). The Hall–Kier alpha value is -1.50. The van der Waals surface area contributed by atoms with Crippen molar-refractivity contribution in [1.29, 1.82) is 0 Å². The Balaban J connectivity index is 1.96. The van der Waals surface area contributed by atoms with Gasteiger partial charge in [0.2, 0.25) is 0 Å². The lowest BCUT2D eigenvalue weighted by Crippen LogP contribution is -2.65. The van der Waals surface area contributed by atoms with Crippen molar-refractivity contribution in [3.63, 3.8) is 0 Å². The molecule has 3 aliphatic rings. The maximum absolute atomic E-state index is 14.4. The number of fused-ring (bicyclic) bond motifs is 2. The van der Waals surface area contributed by atoms with Crippen LogP contribution >= 0.6 is 0 Å². The highest BCUT2D eigenvalue weighted by atomic mass is 32.3. The van der Waals surface area contributed by atoms with Crippen molar-refractivity contribution in [3.8, 4) is 0 Å². The van der Waals surface area contributed by atoms with Gasteiger partial charge in [-0.05, 0) is 25.8 Å². The SMILES string of the molecule is O=C1N(OS(=O)(=O)O)[C@@H]2CC[C@@](C(=O)O)([C@H]3CCNC[C@@H]3F)N1C2. The van der Waals surface area contributed by atoms with Crippen molar-refractivity contribution in [2.75, 3.05) is 19.6 Å². The van der Waals surface area contributed by atoms with Gasteiger partial charge in [0, 0.05) is 19.0 Å². The molecule has 3 fully saturated rings. The molecule has 2 bridgehead atoms. The molecule has 0 radical (unpaired) electrons. The Morgan fingerprint density at radius 2 is 2.12 bits per heavy atom. The number of carbonyl (C=O) groups excluding carboxylic acids is 1.